The van der Waals surface area contributed by atoms with Crippen LogP contribution < -0.4 is 15.4 Å². The first kappa shape index (κ1) is 14.4. The molecule has 1 aliphatic heterocycles. The van der Waals surface area contributed by atoms with E-state index in [0.29, 0.717) is 25.3 Å². The first-order chi connectivity index (χ1) is 10.7. The van der Waals surface area contributed by atoms with Gasteiger partial charge in [0.05, 0.1) is 24.9 Å². The van der Waals surface area contributed by atoms with Crippen LogP contribution in [-0.4, -0.2) is 26.2 Å². The van der Waals surface area contributed by atoms with Gasteiger partial charge in [-0.1, -0.05) is 12.1 Å². The minimum absolute atomic E-state index is 0.357. The predicted octanol–water partition coefficient (Wildman–Crippen LogP) is 2.46. The van der Waals surface area contributed by atoms with E-state index in [0.717, 1.165) is 22.7 Å². The lowest BCUT2D eigenvalue weighted by atomic mass is 10.1. The average molecular weight is 298 g/mol. The number of nitrogens with zero attached hydrogens (tertiary/aromatic N) is 1. The van der Waals surface area contributed by atoms with Gasteiger partial charge >= 0.3 is 5.97 Å². The third kappa shape index (κ3) is 2.63. The van der Waals surface area contributed by atoms with Gasteiger partial charge in [0.1, 0.15) is 12.4 Å². The molecule has 3 rings (SSSR count). The third-order valence-electron chi connectivity index (χ3n) is 3.70. The number of hydrogen-bond acceptors (Lipinski definition) is 5. The number of carbonyl (C=O) groups is 1. The van der Waals surface area contributed by atoms with Crippen molar-refractivity contribution in [3.8, 4) is 5.75 Å². The Balaban J connectivity index is 2.03. The zero-order chi connectivity index (χ0) is 15.5. The summed E-state index contributed by atoms with van der Waals surface area (Å²) in [4.78, 5) is 13.9. The summed E-state index contributed by atoms with van der Waals surface area (Å²) in [5.74, 6) is 0.404. The lowest BCUT2D eigenvalue weighted by Gasteiger charge is -2.31. The molecule has 0 aromatic heterocycles. The molecule has 0 saturated carbocycles. The number of nitrogens with two attached hydrogens (primary N) is 1. The topological polar surface area (TPSA) is 64.8 Å². The number of anilines is 2. The highest BCUT2D eigenvalue weighted by Gasteiger charge is 2.21. The zero-order valence-electron chi connectivity index (χ0n) is 12.4. The van der Waals surface area contributed by atoms with Crippen molar-refractivity contribution < 1.29 is 14.3 Å². The molecular formula is C17H18N2O3. The molecule has 0 bridgehead atoms. The highest BCUT2D eigenvalue weighted by molar-refractivity contribution is 5.91. The molecule has 0 radical (unpaired) electrons. The molecule has 0 amide bonds. The van der Waals surface area contributed by atoms with Crippen molar-refractivity contribution in [2.45, 2.75) is 6.54 Å². The van der Waals surface area contributed by atoms with E-state index in [9.17, 15) is 4.79 Å². The van der Waals surface area contributed by atoms with Crippen LogP contribution >= 0.6 is 0 Å². The maximum atomic E-state index is 11.7. The molecular weight excluding hydrogens is 280 g/mol. The molecule has 0 aliphatic carbocycles. The average Bonchev–Trinajstić information content (AvgIpc) is 2.60. The maximum Gasteiger partial charge on any atom is 0.337 e. The molecule has 0 atom stereocenters. The largest absolute Gasteiger partial charge is 0.490 e. The monoisotopic (exact) mass is 298 g/mol. The van der Waals surface area contributed by atoms with E-state index in [1.54, 1.807) is 18.2 Å². The van der Waals surface area contributed by atoms with Crippen molar-refractivity contribution in [2.75, 3.05) is 25.2 Å². The van der Waals surface area contributed by atoms with Crippen LogP contribution in [0.25, 0.3) is 0 Å². The summed E-state index contributed by atoms with van der Waals surface area (Å²) in [6, 6.07) is 13.4. The normalized spacial score (nSPS) is 13.3. The molecule has 0 spiro atoms. The fourth-order valence-corrected chi connectivity index (χ4v) is 2.58. The highest BCUT2D eigenvalue weighted by Crippen LogP contribution is 2.37. The van der Waals surface area contributed by atoms with Crippen LogP contribution in [0.1, 0.15) is 15.9 Å². The van der Waals surface area contributed by atoms with E-state index < -0.39 is 0 Å². The maximum absolute atomic E-state index is 11.7. The quantitative estimate of drug-likeness (QED) is 0.882. The van der Waals surface area contributed by atoms with Gasteiger partial charge in [-0.3, -0.25) is 0 Å². The Labute approximate surface area is 129 Å². The molecule has 0 saturated heterocycles. The summed E-state index contributed by atoms with van der Waals surface area (Å²) in [5, 5.41) is 0. The van der Waals surface area contributed by atoms with Gasteiger partial charge in [0.2, 0.25) is 0 Å². The minimum Gasteiger partial charge on any atom is -0.490 e. The van der Waals surface area contributed by atoms with Gasteiger partial charge in [-0.25, -0.2) is 4.79 Å². The summed E-state index contributed by atoms with van der Waals surface area (Å²) in [6.45, 7) is 1.80. The van der Waals surface area contributed by atoms with E-state index in [-0.39, 0.29) is 5.97 Å². The fraction of sp³-hybridized carbons (Fsp3) is 0.235. The van der Waals surface area contributed by atoms with Crippen molar-refractivity contribution >= 4 is 17.3 Å². The van der Waals surface area contributed by atoms with Crippen molar-refractivity contribution in [3.63, 3.8) is 0 Å². The van der Waals surface area contributed by atoms with Gasteiger partial charge in [-0.05, 0) is 35.9 Å². The molecule has 5 heteroatoms. The fourth-order valence-electron chi connectivity index (χ4n) is 2.58. The van der Waals surface area contributed by atoms with E-state index >= 15 is 0 Å². The highest BCUT2D eigenvalue weighted by atomic mass is 16.5. The Morgan fingerprint density at radius 3 is 2.95 bits per heavy atom. The van der Waals surface area contributed by atoms with Crippen molar-refractivity contribution in [1.29, 1.82) is 0 Å². The second-order valence-corrected chi connectivity index (χ2v) is 5.05. The first-order valence-electron chi connectivity index (χ1n) is 7.14. The molecule has 2 N–H and O–H groups in total. The van der Waals surface area contributed by atoms with E-state index in [1.807, 2.05) is 18.2 Å². The number of methoxy groups -OCH3 is 1. The van der Waals surface area contributed by atoms with E-state index in [1.165, 1.54) is 7.11 Å². The molecule has 1 aliphatic rings. The summed E-state index contributed by atoms with van der Waals surface area (Å²) < 4.78 is 10.5. The lowest BCUT2D eigenvalue weighted by Crippen LogP contribution is -2.29. The van der Waals surface area contributed by atoms with Crippen LogP contribution in [0.2, 0.25) is 0 Å². The van der Waals surface area contributed by atoms with Crippen LogP contribution in [0.3, 0.4) is 0 Å². The molecule has 5 nitrogen and oxygen atoms in total. The molecule has 0 fully saturated rings. The molecule has 0 unspecified atom stereocenters. The minimum atomic E-state index is -0.357. The second-order valence-electron chi connectivity index (χ2n) is 5.05. The summed E-state index contributed by atoms with van der Waals surface area (Å²) in [7, 11) is 1.38. The van der Waals surface area contributed by atoms with Gasteiger partial charge in [0, 0.05) is 12.2 Å². The first-order valence-corrected chi connectivity index (χ1v) is 7.14. The van der Waals surface area contributed by atoms with Crippen LogP contribution in [0.5, 0.6) is 5.75 Å². The Morgan fingerprint density at radius 1 is 1.32 bits per heavy atom. The smallest absolute Gasteiger partial charge is 0.337 e. The number of hydrogen-bond donors (Lipinski definition) is 1. The van der Waals surface area contributed by atoms with Gasteiger partial charge in [-0.2, -0.15) is 0 Å². The Bertz CT molecular complexity index is 700. The number of fused-ring (bicyclic) bond motifs is 1. The Hall–Kier alpha value is -2.53. The Kier molecular flexibility index (Phi) is 3.98. The lowest BCUT2D eigenvalue weighted by molar-refractivity contribution is 0.0600. The van der Waals surface area contributed by atoms with E-state index in [4.69, 9.17) is 15.2 Å². The second kappa shape index (κ2) is 6.07. The zero-order valence-corrected chi connectivity index (χ0v) is 12.4. The van der Waals surface area contributed by atoms with Crippen LogP contribution in [0.4, 0.5) is 11.4 Å². The molecule has 114 valence electrons. The number of benzene rings is 2. The van der Waals surface area contributed by atoms with E-state index in [2.05, 4.69) is 11.0 Å². The number of ether oxygens (including phenoxy) is 2. The predicted molar refractivity (Wildman–Crippen MR) is 84.6 cm³/mol. The standard InChI is InChI=1S/C17H18N2O3/c1-21-17(20)13-5-6-16-15(10-13)19(7-8-22-16)14-4-2-3-12(9-14)11-18/h2-6,9-10H,7-8,11,18H2,1H3. The van der Waals surface area contributed by atoms with Crippen LogP contribution in [-0.2, 0) is 11.3 Å². The van der Waals surface area contributed by atoms with Gasteiger partial charge < -0.3 is 20.1 Å². The number of carbonyl (C=O) groups excluding carboxylic acids is 1. The summed E-state index contributed by atoms with van der Waals surface area (Å²) >= 11 is 0. The Morgan fingerprint density at radius 2 is 2.18 bits per heavy atom. The molecule has 2 aromatic carbocycles. The third-order valence-corrected chi connectivity index (χ3v) is 3.70. The van der Waals surface area contributed by atoms with Gasteiger partial charge in [0.25, 0.3) is 0 Å². The molecule has 22 heavy (non-hydrogen) atoms. The van der Waals surface area contributed by atoms with Crippen LogP contribution in [0, 0.1) is 0 Å². The number of esters is 1. The van der Waals surface area contributed by atoms with Crippen LogP contribution in [0.15, 0.2) is 42.5 Å². The molecule has 1 heterocycles. The number of rotatable bonds is 3. The summed E-state index contributed by atoms with van der Waals surface area (Å²) in [6.07, 6.45) is 0. The SMILES string of the molecule is COC(=O)c1ccc2c(c1)N(c1cccc(CN)c1)CCO2. The van der Waals surface area contributed by atoms with Gasteiger partial charge in [-0.15, -0.1) is 0 Å². The van der Waals surface area contributed by atoms with Crippen molar-refractivity contribution in [3.05, 3.63) is 53.6 Å². The van der Waals surface area contributed by atoms with Crippen molar-refractivity contribution in [2.24, 2.45) is 5.73 Å². The van der Waals surface area contributed by atoms with Crippen molar-refractivity contribution in [1.82, 2.24) is 0 Å². The molecule has 2 aromatic rings. The van der Waals surface area contributed by atoms with Gasteiger partial charge in [0.15, 0.2) is 0 Å². The summed E-state index contributed by atoms with van der Waals surface area (Å²) in [5.41, 5.74) is 9.19.